The van der Waals surface area contributed by atoms with E-state index >= 15 is 0 Å². The molecule has 24 heavy (non-hydrogen) atoms. The molecule has 0 saturated heterocycles. The monoisotopic (exact) mass is 322 g/mol. The van der Waals surface area contributed by atoms with Crippen LogP contribution in [0.5, 0.6) is 0 Å². The van der Waals surface area contributed by atoms with Crippen molar-refractivity contribution < 1.29 is 9.21 Å². The standard InChI is InChI=1S/C18H18N4O2/c23-17(20-14-6-7-16-19-8-9-22(16)11-14)10-15-12-24-18(21-15)13-4-2-1-3-5-13/h1-5,8-9,12,14H,6-7,10-11H2,(H,20,23)/t14-/m1/s1. The molecule has 0 aliphatic carbocycles. The van der Waals surface area contributed by atoms with E-state index in [9.17, 15) is 4.79 Å². The molecule has 0 unspecified atom stereocenters. The Morgan fingerprint density at radius 1 is 1.33 bits per heavy atom. The van der Waals surface area contributed by atoms with Crippen molar-refractivity contribution in [2.45, 2.75) is 31.8 Å². The first-order chi connectivity index (χ1) is 11.8. The third kappa shape index (κ3) is 3.08. The first kappa shape index (κ1) is 14.7. The van der Waals surface area contributed by atoms with Crippen molar-refractivity contribution in [2.75, 3.05) is 0 Å². The third-order valence-electron chi connectivity index (χ3n) is 4.21. The molecule has 1 N–H and O–H groups in total. The highest BCUT2D eigenvalue weighted by Crippen LogP contribution is 2.18. The van der Waals surface area contributed by atoms with Gasteiger partial charge in [0.2, 0.25) is 11.8 Å². The molecule has 0 radical (unpaired) electrons. The summed E-state index contributed by atoms with van der Waals surface area (Å²) in [6.45, 7) is 0.773. The number of aromatic nitrogens is 3. The number of rotatable bonds is 4. The van der Waals surface area contributed by atoms with Crippen molar-refractivity contribution in [1.82, 2.24) is 19.9 Å². The number of aryl methyl sites for hydroxylation is 1. The van der Waals surface area contributed by atoms with Gasteiger partial charge in [-0.3, -0.25) is 4.79 Å². The average molecular weight is 322 g/mol. The van der Waals surface area contributed by atoms with Crippen LogP contribution in [0, 0.1) is 0 Å². The molecule has 0 spiro atoms. The largest absolute Gasteiger partial charge is 0.444 e. The molecule has 3 aromatic rings. The van der Waals surface area contributed by atoms with E-state index in [-0.39, 0.29) is 18.4 Å². The molecule has 122 valence electrons. The maximum atomic E-state index is 12.3. The van der Waals surface area contributed by atoms with Crippen LogP contribution in [0.4, 0.5) is 0 Å². The van der Waals surface area contributed by atoms with Gasteiger partial charge in [-0.15, -0.1) is 0 Å². The Balaban J connectivity index is 1.36. The van der Waals surface area contributed by atoms with Crippen LogP contribution in [0.1, 0.15) is 17.9 Å². The number of amides is 1. The maximum absolute atomic E-state index is 12.3. The molecule has 3 heterocycles. The summed E-state index contributed by atoms with van der Waals surface area (Å²) in [5.74, 6) is 1.60. The topological polar surface area (TPSA) is 73.0 Å². The first-order valence-electron chi connectivity index (χ1n) is 8.07. The predicted octanol–water partition coefficient (Wildman–Crippen LogP) is 2.21. The van der Waals surface area contributed by atoms with Crippen molar-refractivity contribution in [1.29, 1.82) is 0 Å². The van der Waals surface area contributed by atoms with Crippen LogP contribution in [0.25, 0.3) is 11.5 Å². The fourth-order valence-corrected chi connectivity index (χ4v) is 3.03. The molecule has 0 fully saturated rings. The van der Waals surface area contributed by atoms with Gasteiger partial charge in [0.05, 0.1) is 12.1 Å². The smallest absolute Gasteiger partial charge is 0.226 e. The Bertz CT molecular complexity index is 838. The number of carbonyl (C=O) groups excluding carboxylic acids is 1. The lowest BCUT2D eigenvalue weighted by atomic mass is 10.1. The van der Waals surface area contributed by atoms with E-state index in [0.29, 0.717) is 11.6 Å². The molecule has 6 nitrogen and oxygen atoms in total. The highest BCUT2D eigenvalue weighted by molar-refractivity contribution is 5.78. The van der Waals surface area contributed by atoms with Crippen LogP contribution in [0.2, 0.25) is 0 Å². The predicted molar refractivity (Wildman–Crippen MR) is 88.1 cm³/mol. The molecule has 6 heteroatoms. The zero-order chi connectivity index (χ0) is 16.4. The zero-order valence-corrected chi connectivity index (χ0v) is 13.2. The number of benzene rings is 1. The molecule has 1 aliphatic heterocycles. The van der Waals surface area contributed by atoms with Gasteiger partial charge >= 0.3 is 0 Å². The van der Waals surface area contributed by atoms with Gasteiger partial charge in [0.15, 0.2) is 0 Å². The molecule has 2 aromatic heterocycles. The zero-order valence-electron chi connectivity index (χ0n) is 13.2. The lowest BCUT2D eigenvalue weighted by Gasteiger charge is -2.24. The molecule has 1 amide bonds. The van der Waals surface area contributed by atoms with E-state index in [1.54, 1.807) is 12.5 Å². The van der Waals surface area contributed by atoms with E-state index in [2.05, 4.69) is 19.9 Å². The Kier molecular flexibility index (Phi) is 3.86. The number of carbonyl (C=O) groups is 1. The summed E-state index contributed by atoms with van der Waals surface area (Å²) < 4.78 is 7.57. The number of fused-ring (bicyclic) bond motifs is 1. The highest BCUT2D eigenvalue weighted by atomic mass is 16.3. The second-order valence-corrected chi connectivity index (χ2v) is 5.99. The van der Waals surface area contributed by atoms with Gasteiger partial charge in [-0.1, -0.05) is 18.2 Å². The average Bonchev–Trinajstić information content (AvgIpc) is 3.24. The van der Waals surface area contributed by atoms with Crippen LogP contribution in [0.3, 0.4) is 0 Å². The number of hydrogen-bond donors (Lipinski definition) is 1. The molecule has 1 atom stereocenters. The van der Waals surface area contributed by atoms with E-state index in [0.717, 1.165) is 30.8 Å². The normalized spacial score (nSPS) is 16.6. The summed E-state index contributed by atoms with van der Waals surface area (Å²) in [6, 6.07) is 9.80. The molecule has 1 aromatic carbocycles. The summed E-state index contributed by atoms with van der Waals surface area (Å²) in [6.07, 6.45) is 7.34. The Hall–Kier alpha value is -2.89. The van der Waals surface area contributed by atoms with Crippen LogP contribution < -0.4 is 5.32 Å². The number of nitrogens with zero attached hydrogens (tertiary/aromatic N) is 3. The lowest BCUT2D eigenvalue weighted by Crippen LogP contribution is -2.41. The van der Waals surface area contributed by atoms with Crippen molar-refractivity contribution in [2.24, 2.45) is 0 Å². The minimum atomic E-state index is -0.0310. The summed E-state index contributed by atoms with van der Waals surface area (Å²) in [7, 11) is 0. The second kappa shape index (κ2) is 6.31. The fraction of sp³-hybridized carbons (Fsp3) is 0.278. The molecular weight excluding hydrogens is 304 g/mol. The Morgan fingerprint density at radius 3 is 3.08 bits per heavy atom. The van der Waals surface area contributed by atoms with E-state index in [1.165, 1.54) is 0 Å². The minimum Gasteiger partial charge on any atom is -0.444 e. The van der Waals surface area contributed by atoms with Crippen molar-refractivity contribution in [3.8, 4) is 11.5 Å². The van der Waals surface area contributed by atoms with Crippen LogP contribution in [0.15, 0.2) is 53.4 Å². The van der Waals surface area contributed by atoms with Crippen molar-refractivity contribution >= 4 is 5.91 Å². The van der Waals surface area contributed by atoms with Crippen LogP contribution in [-0.4, -0.2) is 26.5 Å². The van der Waals surface area contributed by atoms with Gasteiger partial charge in [0.1, 0.15) is 12.1 Å². The molecule has 1 aliphatic rings. The van der Waals surface area contributed by atoms with E-state index in [1.807, 2.05) is 36.5 Å². The van der Waals surface area contributed by atoms with Crippen molar-refractivity contribution in [3.63, 3.8) is 0 Å². The van der Waals surface area contributed by atoms with Gasteiger partial charge in [-0.05, 0) is 18.6 Å². The van der Waals surface area contributed by atoms with Gasteiger partial charge < -0.3 is 14.3 Å². The summed E-state index contributed by atoms with van der Waals surface area (Å²) in [5.41, 5.74) is 1.55. The quantitative estimate of drug-likeness (QED) is 0.799. The van der Waals surface area contributed by atoms with Crippen LogP contribution in [-0.2, 0) is 24.2 Å². The lowest BCUT2D eigenvalue weighted by molar-refractivity contribution is -0.121. The number of imidazole rings is 1. The second-order valence-electron chi connectivity index (χ2n) is 5.99. The van der Waals surface area contributed by atoms with Gasteiger partial charge in [0, 0.05) is 37.0 Å². The summed E-state index contributed by atoms with van der Waals surface area (Å²) in [4.78, 5) is 21.0. The minimum absolute atomic E-state index is 0.0310. The van der Waals surface area contributed by atoms with Gasteiger partial charge in [-0.2, -0.15) is 0 Å². The Morgan fingerprint density at radius 2 is 2.21 bits per heavy atom. The number of nitrogens with one attached hydrogen (secondary N) is 1. The fourth-order valence-electron chi connectivity index (χ4n) is 3.03. The molecule has 0 saturated carbocycles. The van der Waals surface area contributed by atoms with Gasteiger partial charge in [-0.25, -0.2) is 9.97 Å². The third-order valence-corrected chi connectivity index (χ3v) is 4.21. The highest BCUT2D eigenvalue weighted by Gasteiger charge is 2.21. The van der Waals surface area contributed by atoms with E-state index < -0.39 is 0 Å². The Labute approximate surface area is 139 Å². The maximum Gasteiger partial charge on any atom is 0.226 e. The number of oxazole rings is 1. The summed E-state index contributed by atoms with van der Waals surface area (Å²) in [5, 5.41) is 3.08. The van der Waals surface area contributed by atoms with Crippen molar-refractivity contribution in [3.05, 3.63) is 60.5 Å². The number of hydrogen-bond acceptors (Lipinski definition) is 4. The van der Waals surface area contributed by atoms with Gasteiger partial charge in [0.25, 0.3) is 0 Å². The molecule has 0 bridgehead atoms. The SMILES string of the molecule is O=C(Cc1coc(-c2ccccc2)n1)N[C@@H]1CCc2nccn2C1. The summed E-state index contributed by atoms with van der Waals surface area (Å²) >= 11 is 0. The first-order valence-corrected chi connectivity index (χ1v) is 8.07. The molecular formula is C18H18N4O2. The van der Waals surface area contributed by atoms with Crippen LogP contribution >= 0.6 is 0 Å². The molecule has 4 rings (SSSR count). The van der Waals surface area contributed by atoms with E-state index in [4.69, 9.17) is 4.42 Å².